The summed E-state index contributed by atoms with van der Waals surface area (Å²) in [7, 11) is 0. The topological polar surface area (TPSA) is 25.8 Å². The molecule has 0 radical (unpaired) electrons. The third kappa shape index (κ3) is 4.80. The van der Waals surface area contributed by atoms with E-state index in [4.69, 9.17) is 9.97 Å². The third-order valence-electron chi connectivity index (χ3n) is 9.78. The summed E-state index contributed by atoms with van der Waals surface area (Å²) in [6.07, 6.45) is 0. The summed E-state index contributed by atoms with van der Waals surface area (Å²) in [5.41, 5.74) is 14.1. The Hall–Kier alpha value is -6.38. The first-order chi connectivity index (χ1) is 24.3. The van der Waals surface area contributed by atoms with Gasteiger partial charge in [-0.05, 0) is 56.6 Å². The zero-order valence-electron chi connectivity index (χ0n) is 26.9. The van der Waals surface area contributed by atoms with Crippen LogP contribution in [0.25, 0.3) is 56.2 Å². The van der Waals surface area contributed by atoms with Gasteiger partial charge in [-0.1, -0.05) is 182 Å². The van der Waals surface area contributed by atoms with Crippen LogP contribution in [0.2, 0.25) is 0 Å². The number of aromatic nitrogens is 2. The first-order valence-electron chi connectivity index (χ1n) is 16.8. The van der Waals surface area contributed by atoms with Crippen molar-refractivity contribution < 1.29 is 0 Å². The second kappa shape index (κ2) is 12.0. The summed E-state index contributed by atoms with van der Waals surface area (Å²) in [6, 6.07) is 69.0. The molecule has 0 N–H and O–H groups in total. The maximum atomic E-state index is 5.37. The van der Waals surface area contributed by atoms with Gasteiger partial charge < -0.3 is 0 Å². The zero-order chi connectivity index (χ0) is 32.6. The Morgan fingerprint density at radius 1 is 0.327 bits per heavy atom. The molecule has 0 amide bonds. The molecule has 0 bridgehead atoms. The smallest absolute Gasteiger partial charge is 0.161 e. The van der Waals surface area contributed by atoms with E-state index in [1.54, 1.807) is 0 Å². The maximum absolute atomic E-state index is 5.37. The molecule has 9 rings (SSSR count). The number of hydrogen-bond acceptors (Lipinski definition) is 2. The molecule has 8 aromatic rings. The van der Waals surface area contributed by atoms with E-state index in [-0.39, 0.29) is 0 Å². The molecule has 230 valence electrons. The highest BCUT2D eigenvalue weighted by Gasteiger charge is 2.46. The van der Waals surface area contributed by atoms with Gasteiger partial charge >= 0.3 is 0 Å². The first kappa shape index (κ1) is 28.8. The number of rotatable bonds is 6. The van der Waals surface area contributed by atoms with Gasteiger partial charge in [0, 0.05) is 16.7 Å². The summed E-state index contributed by atoms with van der Waals surface area (Å²) in [5, 5.41) is 0. The van der Waals surface area contributed by atoms with Crippen molar-refractivity contribution in [2.24, 2.45) is 0 Å². The lowest BCUT2D eigenvalue weighted by Gasteiger charge is -2.33. The normalized spacial score (nSPS) is 12.7. The van der Waals surface area contributed by atoms with Gasteiger partial charge in [0.15, 0.2) is 5.82 Å². The molecule has 0 saturated heterocycles. The van der Waals surface area contributed by atoms with Gasteiger partial charge in [-0.15, -0.1) is 0 Å². The lowest BCUT2D eigenvalue weighted by atomic mass is 9.67. The van der Waals surface area contributed by atoms with Gasteiger partial charge in [-0.25, -0.2) is 9.97 Å². The minimum atomic E-state index is -0.492. The highest BCUT2D eigenvalue weighted by molar-refractivity contribution is 5.94. The Morgan fingerprint density at radius 3 is 1.47 bits per heavy atom. The average Bonchev–Trinajstić information content (AvgIpc) is 3.50. The number of nitrogens with zero attached hydrogens (tertiary/aromatic N) is 2. The number of benzene rings is 7. The van der Waals surface area contributed by atoms with Crippen LogP contribution >= 0.6 is 0 Å². The monoisotopic (exact) mass is 624 g/mol. The van der Waals surface area contributed by atoms with Crippen LogP contribution < -0.4 is 0 Å². The molecule has 7 aromatic carbocycles. The van der Waals surface area contributed by atoms with Gasteiger partial charge in [-0.3, -0.25) is 0 Å². The van der Waals surface area contributed by atoms with E-state index in [0.717, 1.165) is 33.6 Å². The maximum Gasteiger partial charge on any atom is 0.161 e. The number of hydrogen-bond donors (Lipinski definition) is 0. The highest BCUT2D eigenvalue weighted by atomic mass is 14.9. The fourth-order valence-electron chi connectivity index (χ4n) is 7.64. The van der Waals surface area contributed by atoms with Crippen LogP contribution in [0, 0.1) is 0 Å². The van der Waals surface area contributed by atoms with E-state index in [1.165, 1.54) is 38.9 Å². The minimum Gasteiger partial charge on any atom is -0.228 e. The lowest BCUT2D eigenvalue weighted by molar-refractivity contribution is 0.768. The molecular formula is C47H32N2. The van der Waals surface area contributed by atoms with E-state index in [0.29, 0.717) is 5.82 Å². The van der Waals surface area contributed by atoms with E-state index < -0.39 is 5.41 Å². The molecule has 49 heavy (non-hydrogen) atoms. The van der Waals surface area contributed by atoms with Crippen LogP contribution in [0.5, 0.6) is 0 Å². The predicted molar refractivity (Wildman–Crippen MR) is 201 cm³/mol. The molecule has 1 aliphatic carbocycles. The molecule has 1 aromatic heterocycles. The van der Waals surface area contributed by atoms with Crippen LogP contribution in [0.1, 0.15) is 22.3 Å². The average molecular weight is 625 g/mol. The predicted octanol–water partition coefficient (Wildman–Crippen LogP) is 11.5. The molecule has 2 nitrogen and oxygen atoms in total. The third-order valence-corrected chi connectivity index (χ3v) is 9.78. The summed E-state index contributed by atoms with van der Waals surface area (Å²) in [6.45, 7) is 0. The highest BCUT2D eigenvalue weighted by Crippen LogP contribution is 2.58. The minimum absolute atomic E-state index is 0.492. The van der Waals surface area contributed by atoms with Crippen molar-refractivity contribution in [1.82, 2.24) is 9.97 Å². The second-order valence-corrected chi connectivity index (χ2v) is 12.5. The van der Waals surface area contributed by atoms with Crippen molar-refractivity contribution in [1.29, 1.82) is 0 Å². The fourth-order valence-corrected chi connectivity index (χ4v) is 7.64. The largest absolute Gasteiger partial charge is 0.228 e. The molecule has 0 atom stereocenters. The molecule has 1 aliphatic rings. The Balaban J connectivity index is 1.32. The van der Waals surface area contributed by atoms with Crippen LogP contribution in [-0.2, 0) is 5.41 Å². The molecule has 0 saturated carbocycles. The fraction of sp³-hybridized carbons (Fsp3) is 0.0213. The van der Waals surface area contributed by atoms with Crippen molar-refractivity contribution in [3.8, 4) is 56.2 Å². The van der Waals surface area contributed by atoms with E-state index in [9.17, 15) is 0 Å². The van der Waals surface area contributed by atoms with Gasteiger partial charge in [0.05, 0.1) is 16.8 Å². The van der Waals surface area contributed by atoms with Crippen LogP contribution in [-0.4, -0.2) is 9.97 Å². The molecule has 0 spiro atoms. The lowest BCUT2D eigenvalue weighted by Crippen LogP contribution is -2.28. The Labute approximate surface area is 287 Å². The molecule has 0 unspecified atom stereocenters. The molecule has 2 heteroatoms. The quantitative estimate of drug-likeness (QED) is 0.184. The van der Waals surface area contributed by atoms with Gasteiger partial charge in [0.1, 0.15) is 0 Å². The first-order valence-corrected chi connectivity index (χ1v) is 16.8. The zero-order valence-corrected chi connectivity index (χ0v) is 26.9. The molecule has 0 fully saturated rings. The van der Waals surface area contributed by atoms with Crippen molar-refractivity contribution >= 4 is 0 Å². The van der Waals surface area contributed by atoms with Crippen LogP contribution in [0.15, 0.2) is 194 Å². The van der Waals surface area contributed by atoms with Gasteiger partial charge in [-0.2, -0.15) is 0 Å². The van der Waals surface area contributed by atoms with Crippen LogP contribution in [0.3, 0.4) is 0 Å². The van der Waals surface area contributed by atoms with Crippen molar-refractivity contribution in [2.45, 2.75) is 5.41 Å². The van der Waals surface area contributed by atoms with E-state index in [1.807, 2.05) is 6.07 Å². The summed E-state index contributed by atoms with van der Waals surface area (Å²) in [5.74, 6) is 0.713. The van der Waals surface area contributed by atoms with Crippen LogP contribution in [0.4, 0.5) is 0 Å². The SMILES string of the molecule is c1ccc(-c2cccc(-c3cc(-c4ccccc4)nc(-c4cccc5c4-c4ccccc4C5(c4ccccc4)c4ccccc4)n3)c2)cc1. The Bertz CT molecular complexity index is 2380. The van der Waals surface area contributed by atoms with Crippen molar-refractivity contribution in [3.63, 3.8) is 0 Å². The Kier molecular flexibility index (Phi) is 7.06. The molecule has 0 aliphatic heterocycles. The second-order valence-electron chi connectivity index (χ2n) is 12.5. The van der Waals surface area contributed by atoms with Crippen molar-refractivity contribution in [3.05, 3.63) is 216 Å². The summed E-state index contributed by atoms with van der Waals surface area (Å²) in [4.78, 5) is 10.7. The van der Waals surface area contributed by atoms with E-state index >= 15 is 0 Å². The van der Waals surface area contributed by atoms with Gasteiger partial charge in [0.25, 0.3) is 0 Å². The summed E-state index contributed by atoms with van der Waals surface area (Å²) < 4.78 is 0. The molecule has 1 heterocycles. The number of fused-ring (bicyclic) bond motifs is 3. The standard InChI is InChI=1S/C47H32N2/c1-5-17-33(18-6-1)35-21-15-22-36(31-35)44-32-43(34-19-7-2-8-20-34)48-46(49-44)40-28-16-30-42-45(40)39-27-13-14-29-41(39)47(42,37-23-9-3-10-24-37)38-25-11-4-12-26-38/h1-32H. The van der Waals surface area contributed by atoms with Crippen molar-refractivity contribution in [2.75, 3.05) is 0 Å². The van der Waals surface area contributed by atoms with Gasteiger partial charge in [0.2, 0.25) is 0 Å². The van der Waals surface area contributed by atoms with E-state index in [2.05, 4.69) is 188 Å². The Morgan fingerprint density at radius 2 is 0.796 bits per heavy atom. The molecular weight excluding hydrogens is 593 g/mol. The summed E-state index contributed by atoms with van der Waals surface area (Å²) >= 11 is 0.